The molecule has 28 heavy (non-hydrogen) atoms. The van der Waals surface area contributed by atoms with Crippen LogP contribution in [0.3, 0.4) is 0 Å². The monoisotopic (exact) mass is 420 g/mol. The van der Waals surface area contributed by atoms with Crippen molar-refractivity contribution in [1.29, 1.82) is 0 Å². The van der Waals surface area contributed by atoms with Crippen molar-refractivity contribution in [2.75, 3.05) is 0 Å². The number of benzene rings is 2. The summed E-state index contributed by atoms with van der Waals surface area (Å²) < 4.78 is 29.9. The minimum Gasteiger partial charge on any atom is -0.435 e. The zero-order valence-corrected chi connectivity index (χ0v) is 16.7. The third-order valence-corrected chi connectivity index (χ3v) is 5.96. The van der Waals surface area contributed by atoms with Gasteiger partial charge in [-0.3, -0.25) is 4.79 Å². The van der Waals surface area contributed by atoms with Crippen LogP contribution in [0.25, 0.3) is 0 Å². The van der Waals surface area contributed by atoms with E-state index < -0.39 is 6.61 Å². The summed E-state index contributed by atoms with van der Waals surface area (Å²) in [5, 5.41) is 4.80. The highest BCUT2D eigenvalue weighted by atomic mass is 32.2. The van der Waals surface area contributed by atoms with E-state index in [9.17, 15) is 13.6 Å². The number of aryl methyl sites for hydroxylation is 1. The molecule has 3 rings (SSSR count). The Morgan fingerprint density at radius 1 is 1.21 bits per heavy atom. The lowest BCUT2D eigenvalue weighted by atomic mass is 10.1. The van der Waals surface area contributed by atoms with Crippen LogP contribution in [0.1, 0.15) is 27.2 Å². The largest absolute Gasteiger partial charge is 0.435 e. The Balaban J connectivity index is 1.51. The molecule has 0 aliphatic rings. The van der Waals surface area contributed by atoms with E-state index in [1.807, 2.05) is 24.4 Å². The first-order chi connectivity index (χ1) is 13.5. The quantitative estimate of drug-likeness (QED) is 0.504. The number of amides is 1. The smallest absolute Gasteiger partial charge is 0.387 e. The number of thiazole rings is 1. The fourth-order valence-electron chi connectivity index (χ4n) is 2.41. The Bertz CT molecular complexity index is 930. The lowest BCUT2D eigenvalue weighted by molar-refractivity contribution is -0.0498. The van der Waals surface area contributed by atoms with Gasteiger partial charge in [0.25, 0.3) is 5.91 Å². The first-order valence-electron chi connectivity index (χ1n) is 8.45. The van der Waals surface area contributed by atoms with Gasteiger partial charge in [0.2, 0.25) is 0 Å². The van der Waals surface area contributed by atoms with Crippen molar-refractivity contribution in [3.63, 3.8) is 0 Å². The van der Waals surface area contributed by atoms with Crippen LogP contribution in [-0.4, -0.2) is 17.5 Å². The van der Waals surface area contributed by atoms with Crippen LogP contribution in [0.5, 0.6) is 5.75 Å². The summed E-state index contributed by atoms with van der Waals surface area (Å²) >= 11 is 3.29. The standard InChI is InChI=1S/C20H18F2N2O2S2/c1-13-11-27-20(24-13)28-12-14-5-7-16(8-6-14)18(25)23-10-15-3-2-4-17(9-15)26-19(21)22/h2-9,11,19H,10,12H2,1H3,(H,23,25). The number of thioether (sulfide) groups is 1. The van der Waals surface area contributed by atoms with Gasteiger partial charge in [-0.1, -0.05) is 36.0 Å². The summed E-state index contributed by atoms with van der Waals surface area (Å²) in [5.74, 6) is 0.625. The number of rotatable bonds is 8. The lowest BCUT2D eigenvalue weighted by Gasteiger charge is -2.09. The van der Waals surface area contributed by atoms with Crippen molar-refractivity contribution < 1.29 is 18.3 Å². The second kappa shape index (κ2) is 9.66. The van der Waals surface area contributed by atoms with Crippen molar-refractivity contribution in [2.45, 2.75) is 30.2 Å². The van der Waals surface area contributed by atoms with Gasteiger partial charge in [0.1, 0.15) is 10.1 Å². The number of carbonyl (C=O) groups is 1. The number of carbonyl (C=O) groups excluding carboxylic acids is 1. The SMILES string of the molecule is Cc1csc(SCc2ccc(C(=O)NCc3cccc(OC(F)F)c3)cc2)n1. The Hall–Kier alpha value is -2.45. The normalized spacial score (nSPS) is 10.9. The molecule has 4 nitrogen and oxygen atoms in total. The van der Waals surface area contributed by atoms with Crippen LogP contribution in [0.2, 0.25) is 0 Å². The van der Waals surface area contributed by atoms with E-state index >= 15 is 0 Å². The molecule has 0 unspecified atom stereocenters. The van der Waals surface area contributed by atoms with E-state index in [0.717, 1.165) is 21.3 Å². The Kier molecular flexibility index (Phi) is 7.00. The van der Waals surface area contributed by atoms with Gasteiger partial charge < -0.3 is 10.1 Å². The van der Waals surface area contributed by atoms with Crippen molar-refractivity contribution in [1.82, 2.24) is 10.3 Å². The Morgan fingerprint density at radius 3 is 2.68 bits per heavy atom. The van der Waals surface area contributed by atoms with E-state index in [-0.39, 0.29) is 18.2 Å². The van der Waals surface area contributed by atoms with E-state index in [2.05, 4.69) is 15.0 Å². The number of nitrogens with one attached hydrogen (secondary N) is 1. The molecule has 1 heterocycles. The van der Waals surface area contributed by atoms with Gasteiger partial charge in [0.05, 0.1) is 0 Å². The number of hydrogen-bond acceptors (Lipinski definition) is 5. The molecule has 2 aromatic carbocycles. The van der Waals surface area contributed by atoms with E-state index in [4.69, 9.17) is 0 Å². The average Bonchev–Trinajstić information content (AvgIpc) is 3.10. The predicted octanol–water partition coefficient (Wildman–Crippen LogP) is 5.28. The number of alkyl halides is 2. The first kappa shape index (κ1) is 20.3. The van der Waals surface area contributed by atoms with Crippen molar-refractivity contribution in [3.05, 3.63) is 76.3 Å². The second-order valence-corrected chi connectivity index (χ2v) is 8.03. The molecule has 0 aliphatic carbocycles. The molecule has 8 heteroatoms. The lowest BCUT2D eigenvalue weighted by Crippen LogP contribution is -2.22. The number of halogens is 2. The van der Waals surface area contributed by atoms with Crippen LogP contribution in [0.4, 0.5) is 8.78 Å². The van der Waals surface area contributed by atoms with Crippen LogP contribution >= 0.6 is 23.1 Å². The first-order valence-corrected chi connectivity index (χ1v) is 10.3. The van der Waals surface area contributed by atoms with Gasteiger partial charge in [0.15, 0.2) is 0 Å². The van der Waals surface area contributed by atoms with Gasteiger partial charge in [0, 0.05) is 28.9 Å². The van der Waals surface area contributed by atoms with Crippen LogP contribution in [0.15, 0.2) is 58.3 Å². The van der Waals surface area contributed by atoms with Gasteiger partial charge >= 0.3 is 6.61 Å². The maximum Gasteiger partial charge on any atom is 0.387 e. The fraction of sp³-hybridized carbons (Fsp3) is 0.200. The maximum absolute atomic E-state index is 12.3. The van der Waals surface area contributed by atoms with Crippen molar-refractivity contribution in [3.8, 4) is 5.75 Å². The van der Waals surface area contributed by atoms with Crippen LogP contribution in [0, 0.1) is 6.92 Å². The molecule has 1 amide bonds. The molecule has 0 aliphatic heterocycles. The number of aromatic nitrogens is 1. The molecule has 0 radical (unpaired) electrons. The molecule has 1 N–H and O–H groups in total. The van der Waals surface area contributed by atoms with E-state index in [0.29, 0.717) is 11.1 Å². The highest BCUT2D eigenvalue weighted by molar-refractivity contribution is 8.00. The van der Waals surface area contributed by atoms with E-state index in [1.54, 1.807) is 47.4 Å². The van der Waals surface area contributed by atoms with Crippen molar-refractivity contribution >= 4 is 29.0 Å². The third-order valence-electron chi connectivity index (χ3n) is 3.75. The minimum atomic E-state index is -2.87. The topological polar surface area (TPSA) is 51.2 Å². The van der Waals surface area contributed by atoms with Gasteiger partial charge in [-0.05, 0) is 42.3 Å². The molecule has 0 saturated heterocycles. The van der Waals surface area contributed by atoms with Crippen molar-refractivity contribution in [2.24, 2.45) is 0 Å². The van der Waals surface area contributed by atoms with Crippen LogP contribution < -0.4 is 10.1 Å². The Morgan fingerprint density at radius 2 is 2.00 bits per heavy atom. The summed E-state index contributed by atoms with van der Waals surface area (Å²) in [6.07, 6.45) is 0. The number of ether oxygens (including phenoxy) is 1. The fourth-order valence-corrected chi connectivity index (χ4v) is 4.22. The summed E-state index contributed by atoms with van der Waals surface area (Å²) in [7, 11) is 0. The molecule has 0 spiro atoms. The summed E-state index contributed by atoms with van der Waals surface area (Å²) in [6, 6.07) is 13.6. The van der Waals surface area contributed by atoms with Gasteiger partial charge in [-0.25, -0.2) is 4.98 Å². The summed E-state index contributed by atoms with van der Waals surface area (Å²) in [5.41, 5.74) is 3.34. The summed E-state index contributed by atoms with van der Waals surface area (Å²) in [4.78, 5) is 16.7. The third kappa shape index (κ3) is 6.03. The molecule has 0 fully saturated rings. The molecular weight excluding hydrogens is 402 g/mol. The second-order valence-electron chi connectivity index (χ2n) is 5.95. The molecular formula is C20H18F2N2O2S2. The molecule has 0 saturated carbocycles. The zero-order valence-electron chi connectivity index (χ0n) is 15.0. The number of hydrogen-bond donors (Lipinski definition) is 1. The molecule has 1 aromatic heterocycles. The van der Waals surface area contributed by atoms with Gasteiger partial charge in [-0.15, -0.1) is 11.3 Å². The molecule has 146 valence electrons. The van der Waals surface area contributed by atoms with Crippen LogP contribution in [-0.2, 0) is 12.3 Å². The highest BCUT2D eigenvalue weighted by Crippen LogP contribution is 2.26. The number of nitrogens with zero attached hydrogens (tertiary/aromatic N) is 1. The molecule has 3 aromatic rings. The predicted molar refractivity (Wildman–Crippen MR) is 107 cm³/mol. The minimum absolute atomic E-state index is 0.0685. The molecule has 0 bridgehead atoms. The maximum atomic E-state index is 12.3. The van der Waals surface area contributed by atoms with Gasteiger partial charge in [-0.2, -0.15) is 8.78 Å². The molecule has 0 atom stereocenters. The summed E-state index contributed by atoms with van der Waals surface area (Å²) in [6.45, 7) is -0.683. The highest BCUT2D eigenvalue weighted by Gasteiger charge is 2.08. The zero-order chi connectivity index (χ0) is 19.9. The average molecular weight is 421 g/mol. The van der Waals surface area contributed by atoms with E-state index in [1.165, 1.54) is 12.1 Å². The Labute approximate surface area is 170 Å².